The molecule has 30 heavy (non-hydrogen) atoms. The van der Waals surface area contributed by atoms with Gasteiger partial charge in [0.15, 0.2) is 6.04 Å². The predicted octanol–water partition coefficient (Wildman–Crippen LogP) is 3.10. The van der Waals surface area contributed by atoms with E-state index >= 15 is 0 Å². The van der Waals surface area contributed by atoms with E-state index in [2.05, 4.69) is 5.32 Å². The van der Waals surface area contributed by atoms with Gasteiger partial charge in [0.2, 0.25) is 0 Å². The molecule has 0 spiro atoms. The average molecular weight is 405 g/mol. The summed E-state index contributed by atoms with van der Waals surface area (Å²) in [4.78, 5) is 25.0. The van der Waals surface area contributed by atoms with Gasteiger partial charge in [-0.1, -0.05) is 72.8 Å². The fraction of sp³-hybridized carbons (Fsp3) is 0.167. The molecule has 6 nitrogen and oxygen atoms in total. The number of aliphatic hydroxyl groups excluding tert-OH is 1. The molecule has 0 radical (unpaired) electrons. The number of carbonyl (C=O) groups is 2. The van der Waals surface area contributed by atoms with E-state index < -0.39 is 24.5 Å². The maximum atomic E-state index is 12.7. The molecule has 1 amide bonds. The average Bonchev–Trinajstić information content (AvgIpc) is 2.81. The number of ether oxygens (including phenoxy) is 2. The lowest BCUT2D eigenvalue weighted by Gasteiger charge is -2.17. The smallest absolute Gasteiger partial charge is 0.331 e. The number of hydrogen-bond donors (Lipinski definition) is 2. The largest absolute Gasteiger partial charge is 0.488 e. The van der Waals surface area contributed by atoms with Crippen molar-refractivity contribution in [3.63, 3.8) is 0 Å². The van der Waals surface area contributed by atoms with Gasteiger partial charge in [-0.15, -0.1) is 0 Å². The van der Waals surface area contributed by atoms with E-state index in [9.17, 15) is 14.7 Å². The fourth-order valence-corrected chi connectivity index (χ4v) is 2.76. The van der Waals surface area contributed by atoms with E-state index in [1.165, 1.54) is 0 Å². The van der Waals surface area contributed by atoms with E-state index in [1.807, 2.05) is 60.7 Å². The quantitative estimate of drug-likeness (QED) is 0.535. The molecule has 0 bridgehead atoms. The fourth-order valence-electron chi connectivity index (χ4n) is 2.76. The van der Waals surface area contributed by atoms with E-state index in [-0.39, 0.29) is 12.2 Å². The van der Waals surface area contributed by atoms with Crippen molar-refractivity contribution in [3.05, 3.63) is 102 Å². The van der Waals surface area contributed by atoms with E-state index in [0.29, 0.717) is 12.4 Å². The highest BCUT2D eigenvalue weighted by Crippen LogP contribution is 2.19. The normalized spacial score (nSPS) is 11.4. The molecule has 0 fully saturated rings. The Bertz CT molecular complexity index is 960. The lowest BCUT2D eigenvalue weighted by Crippen LogP contribution is -2.44. The van der Waals surface area contributed by atoms with Crippen molar-refractivity contribution >= 4 is 11.9 Å². The molecular formula is C24H23NO5. The number of benzene rings is 3. The minimum atomic E-state index is -1.18. The molecule has 3 aromatic rings. The first kappa shape index (κ1) is 21.1. The Kier molecular flexibility index (Phi) is 7.58. The van der Waals surface area contributed by atoms with Crippen molar-refractivity contribution in [2.45, 2.75) is 19.3 Å². The van der Waals surface area contributed by atoms with Crippen LogP contribution in [0.5, 0.6) is 5.75 Å². The van der Waals surface area contributed by atoms with Crippen LogP contribution in [0.2, 0.25) is 0 Å². The Balaban J connectivity index is 1.61. The Hall–Kier alpha value is -3.64. The topological polar surface area (TPSA) is 84.9 Å². The van der Waals surface area contributed by atoms with Gasteiger partial charge in [-0.3, -0.25) is 4.79 Å². The molecule has 0 aliphatic carbocycles. The zero-order valence-corrected chi connectivity index (χ0v) is 16.4. The zero-order valence-electron chi connectivity index (χ0n) is 16.4. The second kappa shape index (κ2) is 10.8. The van der Waals surface area contributed by atoms with Gasteiger partial charge in [0, 0.05) is 0 Å². The van der Waals surface area contributed by atoms with Gasteiger partial charge in [0.05, 0.1) is 12.2 Å². The van der Waals surface area contributed by atoms with Crippen LogP contribution in [0.4, 0.5) is 0 Å². The number of amides is 1. The third kappa shape index (κ3) is 5.93. The first-order valence-electron chi connectivity index (χ1n) is 9.55. The lowest BCUT2D eigenvalue weighted by molar-refractivity contribution is -0.148. The molecule has 6 heteroatoms. The molecule has 0 saturated heterocycles. The van der Waals surface area contributed by atoms with E-state index in [4.69, 9.17) is 9.47 Å². The Morgan fingerprint density at radius 2 is 1.37 bits per heavy atom. The minimum Gasteiger partial charge on any atom is -0.488 e. The van der Waals surface area contributed by atoms with Crippen LogP contribution in [0.1, 0.15) is 21.5 Å². The summed E-state index contributed by atoms with van der Waals surface area (Å²) in [5.41, 5.74) is 2.04. The highest BCUT2D eigenvalue weighted by molar-refractivity contribution is 5.99. The predicted molar refractivity (Wildman–Crippen MR) is 112 cm³/mol. The summed E-state index contributed by atoms with van der Waals surface area (Å²) in [6, 6.07) is 24.3. The minimum absolute atomic E-state index is 0.0584. The van der Waals surface area contributed by atoms with Crippen LogP contribution in [-0.2, 0) is 22.7 Å². The van der Waals surface area contributed by atoms with Crippen molar-refractivity contribution in [3.8, 4) is 5.75 Å². The van der Waals surface area contributed by atoms with Crippen molar-refractivity contribution < 1.29 is 24.2 Å². The highest BCUT2D eigenvalue weighted by atomic mass is 16.5. The third-order valence-corrected chi connectivity index (χ3v) is 4.37. The number of rotatable bonds is 9. The summed E-state index contributed by atoms with van der Waals surface area (Å²) in [5.74, 6) is -0.861. The molecule has 3 aromatic carbocycles. The second-order valence-electron chi connectivity index (χ2n) is 6.57. The molecule has 0 aliphatic rings. The van der Waals surface area contributed by atoms with Gasteiger partial charge in [0.1, 0.15) is 19.0 Å². The maximum Gasteiger partial charge on any atom is 0.331 e. The van der Waals surface area contributed by atoms with Crippen molar-refractivity contribution in [1.82, 2.24) is 5.32 Å². The Morgan fingerprint density at radius 3 is 2.00 bits per heavy atom. The first-order valence-corrected chi connectivity index (χ1v) is 9.55. The first-order chi connectivity index (χ1) is 14.7. The van der Waals surface area contributed by atoms with Gasteiger partial charge in [-0.25, -0.2) is 4.79 Å². The van der Waals surface area contributed by atoms with Crippen LogP contribution >= 0.6 is 0 Å². The summed E-state index contributed by atoms with van der Waals surface area (Å²) in [6.45, 7) is -0.219. The van der Waals surface area contributed by atoms with E-state index in [1.54, 1.807) is 24.3 Å². The summed E-state index contributed by atoms with van der Waals surface area (Å²) in [7, 11) is 0. The second-order valence-corrected chi connectivity index (χ2v) is 6.57. The van der Waals surface area contributed by atoms with Crippen LogP contribution in [-0.4, -0.2) is 29.6 Å². The van der Waals surface area contributed by atoms with Gasteiger partial charge in [0.25, 0.3) is 5.91 Å². The van der Waals surface area contributed by atoms with Crippen molar-refractivity contribution in [1.29, 1.82) is 0 Å². The number of esters is 1. The third-order valence-electron chi connectivity index (χ3n) is 4.37. The highest BCUT2D eigenvalue weighted by Gasteiger charge is 2.23. The lowest BCUT2D eigenvalue weighted by atomic mass is 10.1. The number of aliphatic hydroxyl groups is 1. The zero-order chi connectivity index (χ0) is 21.2. The van der Waals surface area contributed by atoms with Gasteiger partial charge < -0.3 is 19.9 Å². The summed E-state index contributed by atoms with van der Waals surface area (Å²) < 4.78 is 11.0. The van der Waals surface area contributed by atoms with Crippen molar-refractivity contribution in [2.24, 2.45) is 0 Å². The van der Waals surface area contributed by atoms with Gasteiger partial charge in [-0.05, 0) is 23.3 Å². The standard InChI is InChI=1S/C24H23NO5/c26-15-21(24(28)30-17-19-11-5-2-6-12-19)25-23(27)20-13-7-8-14-22(20)29-16-18-9-3-1-4-10-18/h1-14,21,26H,15-17H2,(H,25,27)/t21-/m0/s1. The summed E-state index contributed by atoms with van der Waals surface area (Å²) in [5, 5.41) is 12.1. The van der Waals surface area contributed by atoms with Gasteiger partial charge in [-0.2, -0.15) is 0 Å². The monoisotopic (exact) mass is 405 g/mol. The molecule has 0 unspecified atom stereocenters. The molecule has 0 aromatic heterocycles. The molecule has 2 N–H and O–H groups in total. The Morgan fingerprint density at radius 1 is 0.800 bits per heavy atom. The van der Waals surface area contributed by atoms with E-state index in [0.717, 1.165) is 11.1 Å². The molecule has 0 aliphatic heterocycles. The number of hydrogen-bond acceptors (Lipinski definition) is 5. The van der Waals surface area contributed by atoms with Crippen LogP contribution in [0.15, 0.2) is 84.9 Å². The van der Waals surface area contributed by atoms with Crippen LogP contribution in [0.3, 0.4) is 0 Å². The molecule has 0 saturated carbocycles. The molecule has 3 rings (SSSR count). The maximum absolute atomic E-state index is 12.7. The number of carbonyl (C=O) groups excluding carboxylic acids is 2. The molecule has 154 valence electrons. The Labute approximate surface area is 175 Å². The van der Waals surface area contributed by atoms with Crippen LogP contribution in [0.25, 0.3) is 0 Å². The van der Waals surface area contributed by atoms with Crippen LogP contribution in [0, 0.1) is 0 Å². The SMILES string of the molecule is O=C(N[C@@H](CO)C(=O)OCc1ccccc1)c1ccccc1OCc1ccccc1. The summed E-state index contributed by atoms with van der Waals surface area (Å²) in [6.07, 6.45) is 0. The van der Waals surface area contributed by atoms with Gasteiger partial charge >= 0.3 is 5.97 Å². The van der Waals surface area contributed by atoms with Crippen LogP contribution < -0.4 is 10.1 Å². The molecule has 1 atom stereocenters. The molecular weight excluding hydrogens is 382 g/mol. The molecule has 0 heterocycles. The number of para-hydroxylation sites is 1. The number of nitrogens with one attached hydrogen (secondary N) is 1. The van der Waals surface area contributed by atoms with Crippen molar-refractivity contribution in [2.75, 3.05) is 6.61 Å². The summed E-state index contributed by atoms with van der Waals surface area (Å²) >= 11 is 0.